The molecule has 0 saturated carbocycles. The van der Waals surface area contributed by atoms with Crippen molar-refractivity contribution in [2.45, 2.75) is 13.8 Å². The third kappa shape index (κ3) is 2.73. The maximum atomic E-state index is 12.0. The highest BCUT2D eigenvalue weighted by atomic mass is 32.1. The van der Waals surface area contributed by atoms with E-state index in [0.29, 0.717) is 36.5 Å². The Morgan fingerprint density at radius 3 is 2.90 bits per heavy atom. The number of hydrogen-bond acceptors (Lipinski definition) is 7. The number of fused-ring (bicyclic) bond motifs is 1. The monoisotopic (exact) mass is 295 g/mol. The fraction of sp³-hybridized carbons (Fsp3) is 0.462. The fourth-order valence-electron chi connectivity index (χ4n) is 1.99. The van der Waals surface area contributed by atoms with Gasteiger partial charge in [-0.3, -0.25) is 0 Å². The largest absolute Gasteiger partial charge is 0.462 e. The van der Waals surface area contributed by atoms with Crippen LogP contribution in [0, 0.1) is 0 Å². The molecular formula is C13H17N3O3S. The van der Waals surface area contributed by atoms with Gasteiger partial charge in [0.05, 0.1) is 24.2 Å². The topological polar surface area (TPSA) is 75.5 Å². The second-order valence-corrected chi connectivity index (χ2v) is 4.91. The Hall–Kier alpha value is -1.73. The van der Waals surface area contributed by atoms with Gasteiger partial charge in [-0.1, -0.05) is 0 Å². The predicted octanol–water partition coefficient (Wildman–Crippen LogP) is 1.69. The summed E-state index contributed by atoms with van der Waals surface area (Å²) in [6.45, 7) is 5.24. The number of carbonyl (C=O) groups is 1. The molecule has 108 valence electrons. The number of aliphatic hydroxyl groups excluding tert-OH is 1. The summed E-state index contributed by atoms with van der Waals surface area (Å²) in [7, 11) is 0. The van der Waals surface area contributed by atoms with Gasteiger partial charge in [0.25, 0.3) is 0 Å². The van der Waals surface area contributed by atoms with Gasteiger partial charge in [0, 0.05) is 18.5 Å². The fourth-order valence-corrected chi connectivity index (χ4v) is 2.86. The van der Waals surface area contributed by atoms with E-state index in [4.69, 9.17) is 9.84 Å². The predicted molar refractivity (Wildman–Crippen MR) is 78.3 cm³/mol. The van der Waals surface area contributed by atoms with Gasteiger partial charge >= 0.3 is 5.97 Å². The number of likely N-dealkylation sites (N-methyl/N-ethyl adjacent to an activating group) is 1. The number of nitrogens with zero attached hydrogens (tertiary/aromatic N) is 3. The number of hydrogen-bond donors (Lipinski definition) is 1. The average Bonchev–Trinajstić information content (AvgIpc) is 2.89. The van der Waals surface area contributed by atoms with Crippen LogP contribution in [0.1, 0.15) is 24.2 Å². The molecule has 0 aliphatic carbocycles. The van der Waals surface area contributed by atoms with Crippen LogP contribution in [0.2, 0.25) is 0 Å². The normalized spacial score (nSPS) is 10.8. The molecule has 2 aromatic rings. The van der Waals surface area contributed by atoms with Crippen LogP contribution in [0.5, 0.6) is 0 Å². The average molecular weight is 295 g/mol. The van der Waals surface area contributed by atoms with Crippen molar-refractivity contribution in [3.63, 3.8) is 0 Å². The van der Waals surface area contributed by atoms with Gasteiger partial charge in [0.1, 0.15) is 17.0 Å². The van der Waals surface area contributed by atoms with E-state index in [9.17, 15) is 4.79 Å². The van der Waals surface area contributed by atoms with Gasteiger partial charge in [-0.15, -0.1) is 11.3 Å². The molecule has 0 radical (unpaired) electrons. The molecule has 0 aromatic carbocycles. The molecule has 2 rings (SSSR count). The van der Waals surface area contributed by atoms with Crippen molar-refractivity contribution in [1.29, 1.82) is 0 Å². The van der Waals surface area contributed by atoms with Crippen molar-refractivity contribution in [2.75, 3.05) is 31.2 Å². The van der Waals surface area contributed by atoms with Crippen LogP contribution >= 0.6 is 11.3 Å². The molecule has 20 heavy (non-hydrogen) atoms. The summed E-state index contributed by atoms with van der Waals surface area (Å²) in [5.74, 6) is 0.297. The zero-order chi connectivity index (χ0) is 14.5. The van der Waals surface area contributed by atoms with Crippen molar-refractivity contribution >= 4 is 33.3 Å². The van der Waals surface area contributed by atoms with E-state index in [0.717, 1.165) is 4.83 Å². The lowest BCUT2D eigenvalue weighted by atomic mass is 10.2. The molecule has 1 N–H and O–H groups in total. The number of aromatic nitrogens is 2. The molecule has 6 nitrogen and oxygen atoms in total. The van der Waals surface area contributed by atoms with Gasteiger partial charge in [-0.25, -0.2) is 14.8 Å². The Morgan fingerprint density at radius 1 is 1.45 bits per heavy atom. The smallest absolute Gasteiger partial charge is 0.339 e. The summed E-state index contributed by atoms with van der Waals surface area (Å²) in [6.07, 6.45) is 1.48. The summed E-state index contributed by atoms with van der Waals surface area (Å²) >= 11 is 1.39. The summed E-state index contributed by atoms with van der Waals surface area (Å²) in [6, 6.07) is 0. The third-order valence-corrected chi connectivity index (χ3v) is 3.78. The van der Waals surface area contributed by atoms with Crippen LogP contribution in [0.15, 0.2) is 11.7 Å². The Bertz CT molecular complexity index is 600. The summed E-state index contributed by atoms with van der Waals surface area (Å²) in [4.78, 5) is 23.1. The summed E-state index contributed by atoms with van der Waals surface area (Å²) in [5.41, 5.74) is 0.485. The number of carbonyl (C=O) groups excluding carboxylic acids is 1. The first-order chi connectivity index (χ1) is 9.72. The van der Waals surface area contributed by atoms with E-state index >= 15 is 0 Å². The Labute approximate surface area is 121 Å². The molecule has 0 saturated heterocycles. The van der Waals surface area contributed by atoms with Crippen LogP contribution < -0.4 is 4.90 Å². The molecule has 0 atom stereocenters. The minimum absolute atomic E-state index is 0.0260. The zero-order valence-electron chi connectivity index (χ0n) is 11.5. The molecule has 0 bridgehead atoms. The number of ether oxygens (including phenoxy) is 1. The molecular weight excluding hydrogens is 278 g/mol. The van der Waals surface area contributed by atoms with Crippen molar-refractivity contribution in [1.82, 2.24) is 9.97 Å². The van der Waals surface area contributed by atoms with Crippen molar-refractivity contribution in [3.8, 4) is 0 Å². The number of thiophene rings is 1. The second-order valence-electron chi connectivity index (χ2n) is 4.05. The SMILES string of the molecule is CCOC(=O)c1csc2ncnc(N(CC)CCO)c12. The highest BCUT2D eigenvalue weighted by Gasteiger charge is 2.20. The van der Waals surface area contributed by atoms with E-state index < -0.39 is 0 Å². The molecule has 0 amide bonds. The molecule has 0 unspecified atom stereocenters. The van der Waals surface area contributed by atoms with Crippen LogP contribution in [0.4, 0.5) is 5.82 Å². The molecule has 2 aromatic heterocycles. The first kappa shape index (κ1) is 14.7. The molecule has 0 fully saturated rings. The highest BCUT2D eigenvalue weighted by molar-refractivity contribution is 7.17. The minimum atomic E-state index is -0.366. The van der Waals surface area contributed by atoms with E-state index in [2.05, 4.69) is 9.97 Å². The molecule has 0 aliphatic heterocycles. The maximum Gasteiger partial charge on any atom is 0.339 e. The quantitative estimate of drug-likeness (QED) is 0.817. The maximum absolute atomic E-state index is 12.0. The van der Waals surface area contributed by atoms with Crippen molar-refractivity contribution in [2.24, 2.45) is 0 Å². The Balaban J connectivity index is 2.54. The first-order valence-electron chi connectivity index (χ1n) is 6.48. The minimum Gasteiger partial charge on any atom is -0.462 e. The Morgan fingerprint density at radius 2 is 2.25 bits per heavy atom. The molecule has 0 aliphatic rings. The summed E-state index contributed by atoms with van der Waals surface area (Å²) in [5, 5.41) is 11.6. The van der Waals surface area contributed by atoms with Gasteiger partial charge < -0.3 is 14.7 Å². The Kier molecular flexibility index (Phi) is 4.86. The van der Waals surface area contributed by atoms with E-state index in [1.54, 1.807) is 12.3 Å². The first-order valence-corrected chi connectivity index (χ1v) is 7.36. The van der Waals surface area contributed by atoms with Crippen LogP contribution in [0.25, 0.3) is 10.2 Å². The van der Waals surface area contributed by atoms with E-state index in [1.807, 2.05) is 11.8 Å². The van der Waals surface area contributed by atoms with Gasteiger partial charge in [0.15, 0.2) is 0 Å². The zero-order valence-corrected chi connectivity index (χ0v) is 12.3. The second kappa shape index (κ2) is 6.62. The highest BCUT2D eigenvalue weighted by Crippen LogP contribution is 2.31. The van der Waals surface area contributed by atoms with Crippen molar-refractivity contribution < 1.29 is 14.6 Å². The van der Waals surface area contributed by atoms with E-state index in [1.165, 1.54) is 17.7 Å². The van der Waals surface area contributed by atoms with Crippen LogP contribution in [0.3, 0.4) is 0 Å². The number of anilines is 1. The van der Waals surface area contributed by atoms with Crippen molar-refractivity contribution in [3.05, 3.63) is 17.3 Å². The van der Waals surface area contributed by atoms with Gasteiger partial charge in [0.2, 0.25) is 0 Å². The standard InChI is InChI=1S/C13H17N3O3S/c1-3-16(5-6-17)11-10-9(13(18)19-4-2)7-20-12(10)15-8-14-11/h7-8,17H,3-6H2,1-2H3. The molecule has 7 heteroatoms. The van der Waals surface area contributed by atoms with E-state index in [-0.39, 0.29) is 12.6 Å². The summed E-state index contributed by atoms with van der Waals surface area (Å²) < 4.78 is 5.07. The lowest BCUT2D eigenvalue weighted by Crippen LogP contribution is -2.27. The van der Waals surface area contributed by atoms with Crippen LogP contribution in [-0.2, 0) is 4.74 Å². The lowest BCUT2D eigenvalue weighted by Gasteiger charge is -2.21. The van der Waals surface area contributed by atoms with Gasteiger partial charge in [-0.05, 0) is 13.8 Å². The number of aliphatic hydroxyl groups is 1. The number of esters is 1. The number of rotatable bonds is 6. The lowest BCUT2D eigenvalue weighted by molar-refractivity contribution is 0.0529. The molecule has 0 spiro atoms. The molecule has 2 heterocycles. The third-order valence-electron chi connectivity index (χ3n) is 2.90. The van der Waals surface area contributed by atoms with Crippen LogP contribution in [-0.4, -0.2) is 47.3 Å². The van der Waals surface area contributed by atoms with Gasteiger partial charge in [-0.2, -0.15) is 0 Å².